The molecular formula is C19H23N3O2. The number of nitrogens with zero attached hydrogens (tertiary/aromatic N) is 2. The van der Waals surface area contributed by atoms with Crippen LogP contribution in [0.1, 0.15) is 38.4 Å². The molecule has 5 heteroatoms. The van der Waals surface area contributed by atoms with Crippen LogP contribution in [0.25, 0.3) is 10.9 Å². The van der Waals surface area contributed by atoms with Gasteiger partial charge in [0.25, 0.3) is 5.91 Å². The lowest BCUT2D eigenvalue weighted by atomic mass is 9.91. The zero-order valence-corrected chi connectivity index (χ0v) is 14.6. The van der Waals surface area contributed by atoms with Gasteiger partial charge in [0.05, 0.1) is 12.1 Å². The highest BCUT2D eigenvalue weighted by Gasteiger charge is 2.47. The average molecular weight is 325 g/mol. The maximum absolute atomic E-state index is 12.8. The maximum atomic E-state index is 12.8. The highest BCUT2D eigenvalue weighted by atomic mass is 16.2. The molecule has 1 aromatic carbocycles. The maximum Gasteiger partial charge on any atom is 0.325 e. The summed E-state index contributed by atoms with van der Waals surface area (Å²) in [5.74, 6) is 0.169. The second-order valence-corrected chi connectivity index (χ2v) is 7.19. The van der Waals surface area contributed by atoms with Gasteiger partial charge in [0.2, 0.25) is 0 Å². The number of carbonyl (C=O) groups is 2. The van der Waals surface area contributed by atoms with Crippen molar-refractivity contribution in [3.63, 3.8) is 0 Å². The number of aryl methyl sites for hydroxylation is 1. The number of para-hydroxylation sites is 1. The van der Waals surface area contributed by atoms with Crippen molar-refractivity contribution in [2.24, 2.45) is 5.92 Å². The monoisotopic (exact) mass is 325 g/mol. The van der Waals surface area contributed by atoms with Crippen molar-refractivity contribution in [3.8, 4) is 0 Å². The number of pyridine rings is 1. The molecule has 1 aromatic heterocycles. The molecule has 2 aromatic rings. The minimum atomic E-state index is -0.816. The molecule has 0 spiro atoms. The molecule has 0 aliphatic carbocycles. The first-order valence-corrected chi connectivity index (χ1v) is 8.29. The fourth-order valence-electron chi connectivity index (χ4n) is 3.54. The molecule has 126 valence electrons. The summed E-state index contributed by atoms with van der Waals surface area (Å²) in [6.07, 6.45) is 0.629. The Bertz CT molecular complexity index is 815. The van der Waals surface area contributed by atoms with E-state index in [0.29, 0.717) is 12.3 Å². The second kappa shape index (κ2) is 5.89. The molecule has 1 saturated heterocycles. The van der Waals surface area contributed by atoms with E-state index in [1.54, 1.807) is 0 Å². The molecule has 1 fully saturated rings. The Kier molecular flexibility index (Phi) is 4.03. The molecule has 3 amide bonds. The Morgan fingerprint density at radius 3 is 2.67 bits per heavy atom. The number of urea groups is 1. The van der Waals surface area contributed by atoms with E-state index >= 15 is 0 Å². The predicted molar refractivity (Wildman–Crippen MR) is 93.4 cm³/mol. The summed E-state index contributed by atoms with van der Waals surface area (Å²) in [5.41, 5.74) is 1.88. The van der Waals surface area contributed by atoms with E-state index in [1.165, 1.54) is 4.90 Å². The second-order valence-electron chi connectivity index (χ2n) is 7.19. The van der Waals surface area contributed by atoms with Gasteiger partial charge in [0.1, 0.15) is 5.54 Å². The lowest BCUT2D eigenvalue weighted by Crippen LogP contribution is -2.44. The number of amides is 3. The number of carbonyl (C=O) groups excluding carboxylic acids is 2. The van der Waals surface area contributed by atoms with E-state index in [0.717, 1.165) is 22.2 Å². The first-order valence-electron chi connectivity index (χ1n) is 8.29. The summed E-state index contributed by atoms with van der Waals surface area (Å²) in [6, 6.07) is 9.43. The lowest BCUT2D eigenvalue weighted by molar-refractivity contribution is -0.131. The number of imide groups is 1. The van der Waals surface area contributed by atoms with Gasteiger partial charge in [-0.2, -0.15) is 0 Å². The Morgan fingerprint density at radius 1 is 1.25 bits per heavy atom. The summed E-state index contributed by atoms with van der Waals surface area (Å²) in [7, 11) is 0. The van der Waals surface area contributed by atoms with Crippen molar-refractivity contribution >= 4 is 22.8 Å². The van der Waals surface area contributed by atoms with Gasteiger partial charge in [0, 0.05) is 11.1 Å². The smallest absolute Gasteiger partial charge is 0.323 e. The van der Waals surface area contributed by atoms with Crippen LogP contribution in [0.5, 0.6) is 0 Å². The van der Waals surface area contributed by atoms with Crippen LogP contribution >= 0.6 is 0 Å². The van der Waals surface area contributed by atoms with Crippen LogP contribution in [-0.2, 0) is 11.3 Å². The molecule has 1 aliphatic heterocycles. The normalized spacial score (nSPS) is 21.0. The predicted octanol–water partition coefficient (Wildman–Crippen LogP) is 3.40. The van der Waals surface area contributed by atoms with E-state index < -0.39 is 5.54 Å². The van der Waals surface area contributed by atoms with Crippen molar-refractivity contribution in [2.45, 2.75) is 46.2 Å². The van der Waals surface area contributed by atoms with E-state index in [-0.39, 0.29) is 18.5 Å². The first-order chi connectivity index (χ1) is 11.3. The van der Waals surface area contributed by atoms with Crippen LogP contribution in [0.15, 0.2) is 30.3 Å². The van der Waals surface area contributed by atoms with Crippen molar-refractivity contribution in [2.75, 3.05) is 0 Å². The quantitative estimate of drug-likeness (QED) is 0.876. The van der Waals surface area contributed by atoms with E-state index in [4.69, 9.17) is 0 Å². The minimum Gasteiger partial charge on any atom is -0.323 e. The van der Waals surface area contributed by atoms with E-state index in [2.05, 4.69) is 10.3 Å². The van der Waals surface area contributed by atoms with E-state index in [1.807, 2.05) is 58.0 Å². The van der Waals surface area contributed by atoms with Crippen LogP contribution in [-0.4, -0.2) is 27.4 Å². The molecule has 2 heterocycles. The standard InChI is InChI=1S/C19H23N3O2/c1-12(2)10-19(4)17(23)22(18(24)21-19)11-14-9-13(3)20-16-8-6-5-7-15(14)16/h5-9,12H,10-11H2,1-4H3,(H,21,24). The molecule has 3 rings (SSSR count). The number of hydrogen-bond donors (Lipinski definition) is 1. The Balaban J connectivity index is 1.94. The molecule has 0 bridgehead atoms. The molecule has 24 heavy (non-hydrogen) atoms. The number of benzene rings is 1. The summed E-state index contributed by atoms with van der Waals surface area (Å²) in [4.78, 5) is 31.0. The summed E-state index contributed by atoms with van der Waals surface area (Å²) < 4.78 is 0. The fraction of sp³-hybridized carbons (Fsp3) is 0.421. The Labute approximate surface area is 142 Å². The highest BCUT2D eigenvalue weighted by molar-refractivity contribution is 6.07. The third-order valence-corrected chi connectivity index (χ3v) is 4.42. The van der Waals surface area contributed by atoms with Crippen LogP contribution in [0.3, 0.4) is 0 Å². The number of fused-ring (bicyclic) bond motifs is 1. The van der Waals surface area contributed by atoms with Gasteiger partial charge in [-0.3, -0.25) is 14.7 Å². The van der Waals surface area contributed by atoms with Crippen molar-refractivity contribution in [1.82, 2.24) is 15.2 Å². The largest absolute Gasteiger partial charge is 0.325 e. The molecule has 5 nitrogen and oxygen atoms in total. The topological polar surface area (TPSA) is 62.3 Å². The van der Waals surface area contributed by atoms with Gasteiger partial charge in [-0.1, -0.05) is 32.0 Å². The third-order valence-electron chi connectivity index (χ3n) is 4.42. The van der Waals surface area contributed by atoms with Crippen molar-refractivity contribution in [1.29, 1.82) is 0 Å². The number of nitrogens with one attached hydrogen (secondary N) is 1. The van der Waals surface area contributed by atoms with Crippen molar-refractivity contribution in [3.05, 3.63) is 41.6 Å². The minimum absolute atomic E-state index is 0.153. The summed E-state index contributed by atoms with van der Waals surface area (Å²) in [6.45, 7) is 8.09. The summed E-state index contributed by atoms with van der Waals surface area (Å²) >= 11 is 0. The van der Waals surface area contributed by atoms with Gasteiger partial charge >= 0.3 is 6.03 Å². The molecule has 1 atom stereocenters. The van der Waals surface area contributed by atoms with E-state index in [9.17, 15) is 9.59 Å². The molecule has 0 saturated carbocycles. The molecule has 0 radical (unpaired) electrons. The number of aromatic nitrogens is 1. The number of hydrogen-bond acceptors (Lipinski definition) is 3. The van der Waals surface area contributed by atoms with Crippen LogP contribution in [0.2, 0.25) is 0 Å². The van der Waals surface area contributed by atoms with Crippen molar-refractivity contribution < 1.29 is 9.59 Å². The van der Waals surface area contributed by atoms with Gasteiger partial charge in [-0.15, -0.1) is 0 Å². The van der Waals surface area contributed by atoms with Gasteiger partial charge in [-0.05, 0) is 43.9 Å². The lowest BCUT2D eigenvalue weighted by Gasteiger charge is -2.23. The Morgan fingerprint density at radius 2 is 1.96 bits per heavy atom. The van der Waals surface area contributed by atoms with Gasteiger partial charge in [0.15, 0.2) is 0 Å². The fourth-order valence-corrected chi connectivity index (χ4v) is 3.54. The molecule has 1 aliphatic rings. The number of rotatable bonds is 4. The van der Waals surface area contributed by atoms with Gasteiger partial charge in [-0.25, -0.2) is 4.79 Å². The highest BCUT2D eigenvalue weighted by Crippen LogP contribution is 2.28. The molecule has 1 unspecified atom stereocenters. The molecular weight excluding hydrogens is 302 g/mol. The van der Waals surface area contributed by atoms with Gasteiger partial charge < -0.3 is 5.32 Å². The zero-order valence-electron chi connectivity index (χ0n) is 14.6. The zero-order chi connectivity index (χ0) is 17.5. The van der Waals surface area contributed by atoms with Crippen LogP contribution in [0.4, 0.5) is 4.79 Å². The Hall–Kier alpha value is -2.43. The average Bonchev–Trinajstić information content (AvgIpc) is 2.69. The first kappa shape index (κ1) is 16.4. The molecule has 1 N–H and O–H groups in total. The summed E-state index contributed by atoms with van der Waals surface area (Å²) in [5, 5.41) is 3.84. The third kappa shape index (κ3) is 2.86. The SMILES string of the molecule is Cc1cc(CN2C(=O)NC(C)(CC(C)C)C2=O)c2ccccc2n1. The van der Waals surface area contributed by atoms with Crippen LogP contribution < -0.4 is 5.32 Å². The van der Waals surface area contributed by atoms with Crippen LogP contribution in [0, 0.1) is 12.8 Å².